The summed E-state index contributed by atoms with van der Waals surface area (Å²) in [4.78, 5) is 17.5. The largest absolute Gasteiger partial charge is 0.335 e. The van der Waals surface area contributed by atoms with Gasteiger partial charge < -0.3 is 15.2 Å². The molecule has 0 radical (unpaired) electrons. The zero-order valence-electron chi connectivity index (χ0n) is 9.39. The first-order valence-corrected chi connectivity index (χ1v) is 5.17. The molecule has 5 nitrogen and oxygen atoms in total. The first-order valence-electron chi connectivity index (χ1n) is 5.17. The van der Waals surface area contributed by atoms with Crippen LogP contribution >= 0.6 is 0 Å². The quantitative estimate of drug-likeness (QED) is 0.707. The minimum atomic E-state index is -0.142. The Morgan fingerprint density at radius 2 is 2.50 bits per heavy atom. The highest BCUT2D eigenvalue weighted by Gasteiger charge is 2.15. The minimum absolute atomic E-state index is 0.142. The van der Waals surface area contributed by atoms with Gasteiger partial charge in [0.2, 0.25) is 0 Å². The molecule has 16 heavy (non-hydrogen) atoms. The topological polar surface area (TPSA) is 64.2 Å². The van der Waals surface area contributed by atoms with E-state index in [2.05, 4.69) is 10.9 Å². The molecule has 1 aromatic rings. The van der Waals surface area contributed by atoms with Crippen LogP contribution < -0.4 is 5.73 Å². The van der Waals surface area contributed by atoms with Crippen molar-refractivity contribution in [3.8, 4) is 12.3 Å². The average molecular weight is 220 g/mol. The minimum Gasteiger partial charge on any atom is -0.335 e. The SMILES string of the molecule is C#CCN(CC)C(=O)c1cn(CCN)cn1. The molecule has 5 heteroatoms. The van der Waals surface area contributed by atoms with Crippen LogP contribution in [0.1, 0.15) is 17.4 Å². The van der Waals surface area contributed by atoms with Gasteiger partial charge in [0.1, 0.15) is 5.69 Å². The van der Waals surface area contributed by atoms with Gasteiger partial charge in [0.25, 0.3) is 5.91 Å². The number of imidazole rings is 1. The zero-order valence-corrected chi connectivity index (χ0v) is 9.39. The summed E-state index contributed by atoms with van der Waals surface area (Å²) in [7, 11) is 0. The van der Waals surface area contributed by atoms with Crippen LogP contribution in [0.4, 0.5) is 0 Å². The number of aromatic nitrogens is 2. The maximum atomic E-state index is 11.9. The fourth-order valence-corrected chi connectivity index (χ4v) is 1.34. The molecule has 2 N–H and O–H groups in total. The second kappa shape index (κ2) is 5.93. The van der Waals surface area contributed by atoms with Gasteiger partial charge >= 0.3 is 0 Å². The van der Waals surface area contributed by atoms with E-state index in [1.807, 2.05) is 6.92 Å². The summed E-state index contributed by atoms with van der Waals surface area (Å²) in [6, 6.07) is 0. The number of nitrogens with two attached hydrogens (primary N) is 1. The monoisotopic (exact) mass is 220 g/mol. The van der Waals surface area contributed by atoms with Crippen molar-refractivity contribution in [2.24, 2.45) is 5.73 Å². The van der Waals surface area contributed by atoms with Crippen molar-refractivity contribution in [1.82, 2.24) is 14.5 Å². The van der Waals surface area contributed by atoms with E-state index in [9.17, 15) is 4.79 Å². The summed E-state index contributed by atoms with van der Waals surface area (Å²) in [6.45, 7) is 3.94. The number of terminal acetylenes is 1. The Hall–Kier alpha value is -1.80. The second-order valence-corrected chi connectivity index (χ2v) is 3.31. The van der Waals surface area contributed by atoms with Gasteiger partial charge in [-0.1, -0.05) is 5.92 Å². The molecule has 0 saturated heterocycles. The molecule has 1 heterocycles. The maximum Gasteiger partial charge on any atom is 0.274 e. The summed E-state index contributed by atoms with van der Waals surface area (Å²) < 4.78 is 1.79. The zero-order chi connectivity index (χ0) is 12.0. The van der Waals surface area contributed by atoms with E-state index in [0.29, 0.717) is 31.9 Å². The lowest BCUT2D eigenvalue weighted by Gasteiger charge is -2.16. The lowest BCUT2D eigenvalue weighted by Crippen LogP contribution is -2.31. The van der Waals surface area contributed by atoms with Crippen molar-refractivity contribution in [1.29, 1.82) is 0 Å². The van der Waals surface area contributed by atoms with Crippen molar-refractivity contribution in [3.05, 3.63) is 18.2 Å². The van der Waals surface area contributed by atoms with Crippen molar-refractivity contribution in [3.63, 3.8) is 0 Å². The molecule has 1 amide bonds. The Bertz CT molecular complexity index is 391. The third-order valence-corrected chi connectivity index (χ3v) is 2.19. The predicted octanol–water partition coefficient (Wildman–Crippen LogP) is -0.0629. The molecular formula is C11H16N4O. The summed E-state index contributed by atoms with van der Waals surface area (Å²) in [5.74, 6) is 2.31. The van der Waals surface area contributed by atoms with Crippen LogP contribution in [0.25, 0.3) is 0 Å². The van der Waals surface area contributed by atoms with Gasteiger partial charge in [-0.15, -0.1) is 6.42 Å². The number of nitrogens with zero attached hydrogens (tertiary/aromatic N) is 3. The Morgan fingerprint density at radius 3 is 3.06 bits per heavy atom. The molecule has 0 aromatic carbocycles. The van der Waals surface area contributed by atoms with Crippen molar-refractivity contribution in [2.75, 3.05) is 19.6 Å². The number of amides is 1. The van der Waals surface area contributed by atoms with Crippen molar-refractivity contribution >= 4 is 5.91 Å². The van der Waals surface area contributed by atoms with E-state index in [4.69, 9.17) is 12.2 Å². The molecule has 0 saturated carbocycles. The van der Waals surface area contributed by atoms with Gasteiger partial charge in [0, 0.05) is 25.8 Å². The third-order valence-electron chi connectivity index (χ3n) is 2.19. The van der Waals surface area contributed by atoms with Crippen LogP contribution in [-0.4, -0.2) is 40.0 Å². The van der Waals surface area contributed by atoms with Crippen LogP contribution in [0.3, 0.4) is 0 Å². The highest BCUT2D eigenvalue weighted by atomic mass is 16.2. The lowest BCUT2D eigenvalue weighted by molar-refractivity contribution is 0.0779. The molecule has 1 rings (SSSR count). The van der Waals surface area contributed by atoms with Crippen LogP contribution in [0.15, 0.2) is 12.5 Å². The first-order chi connectivity index (χ1) is 7.72. The van der Waals surface area contributed by atoms with Gasteiger partial charge in [-0.25, -0.2) is 4.98 Å². The second-order valence-electron chi connectivity index (χ2n) is 3.31. The van der Waals surface area contributed by atoms with Crippen LogP contribution in [0.2, 0.25) is 0 Å². The van der Waals surface area contributed by atoms with Crippen LogP contribution in [-0.2, 0) is 6.54 Å². The van der Waals surface area contributed by atoms with Gasteiger partial charge in [0.05, 0.1) is 12.9 Å². The normalized spacial score (nSPS) is 9.81. The Morgan fingerprint density at radius 1 is 1.75 bits per heavy atom. The maximum absolute atomic E-state index is 11.9. The number of rotatable bonds is 5. The number of carbonyl (C=O) groups is 1. The Balaban J connectivity index is 2.75. The van der Waals surface area contributed by atoms with Gasteiger partial charge in [-0.05, 0) is 6.92 Å². The molecule has 0 spiro atoms. The molecule has 0 bridgehead atoms. The van der Waals surface area contributed by atoms with Crippen molar-refractivity contribution in [2.45, 2.75) is 13.5 Å². The van der Waals surface area contributed by atoms with E-state index in [0.717, 1.165) is 0 Å². The standard InChI is InChI=1S/C11H16N4O/c1-3-6-15(4-2)11(16)10-8-14(7-5-12)9-13-10/h1,8-9H,4-7,12H2,2H3. The summed E-state index contributed by atoms with van der Waals surface area (Å²) in [5, 5.41) is 0. The Kier molecular flexibility index (Phi) is 4.55. The molecular weight excluding hydrogens is 204 g/mol. The number of carbonyl (C=O) groups excluding carboxylic acids is 1. The fourth-order valence-electron chi connectivity index (χ4n) is 1.34. The fraction of sp³-hybridized carbons (Fsp3) is 0.455. The van der Waals surface area contributed by atoms with E-state index >= 15 is 0 Å². The van der Waals surface area contributed by atoms with Crippen molar-refractivity contribution < 1.29 is 4.79 Å². The third kappa shape index (κ3) is 2.84. The van der Waals surface area contributed by atoms with Crippen LogP contribution in [0, 0.1) is 12.3 Å². The van der Waals surface area contributed by atoms with Gasteiger partial charge in [-0.3, -0.25) is 4.79 Å². The summed E-state index contributed by atoms with van der Waals surface area (Å²) in [6.07, 6.45) is 8.48. The summed E-state index contributed by atoms with van der Waals surface area (Å²) >= 11 is 0. The predicted molar refractivity (Wildman–Crippen MR) is 61.7 cm³/mol. The average Bonchev–Trinajstić information content (AvgIpc) is 2.74. The van der Waals surface area contributed by atoms with Gasteiger partial charge in [-0.2, -0.15) is 0 Å². The molecule has 86 valence electrons. The van der Waals surface area contributed by atoms with E-state index in [1.54, 1.807) is 22.0 Å². The van der Waals surface area contributed by atoms with E-state index in [1.165, 1.54) is 0 Å². The molecule has 1 aromatic heterocycles. The number of hydrogen-bond acceptors (Lipinski definition) is 3. The lowest BCUT2D eigenvalue weighted by atomic mass is 10.3. The first kappa shape index (κ1) is 12.3. The molecule has 0 atom stereocenters. The molecule has 0 unspecified atom stereocenters. The van der Waals surface area contributed by atoms with Crippen LogP contribution in [0.5, 0.6) is 0 Å². The summed E-state index contributed by atoms with van der Waals surface area (Å²) in [5.41, 5.74) is 5.82. The molecule has 0 aliphatic rings. The molecule has 0 aliphatic carbocycles. The molecule has 0 fully saturated rings. The van der Waals surface area contributed by atoms with E-state index < -0.39 is 0 Å². The Labute approximate surface area is 95.3 Å². The molecule has 0 aliphatic heterocycles. The van der Waals surface area contributed by atoms with Gasteiger partial charge in [0.15, 0.2) is 0 Å². The highest BCUT2D eigenvalue weighted by molar-refractivity contribution is 5.92. The number of hydrogen-bond donors (Lipinski definition) is 1. The highest BCUT2D eigenvalue weighted by Crippen LogP contribution is 2.02. The smallest absolute Gasteiger partial charge is 0.274 e. The van der Waals surface area contributed by atoms with E-state index in [-0.39, 0.29) is 5.91 Å².